The van der Waals surface area contributed by atoms with E-state index >= 15 is 0 Å². The van der Waals surface area contributed by atoms with E-state index in [1.165, 1.54) is 6.08 Å². The summed E-state index contributed by atoms with van der Waals surface area (Å²) in [6, 6.07) is 12.8. The number of nitrogens with zero attached hydrogens (tertiary/aromatic N) is 2. The Labute approximate surface area is 109 Å². The molecular weight excluding hydrogens is 240 g/mol. The molecule has 0 unspecified atom stereocenters. The second kappa shape index (κ2) is 4.86. The molecule has 0 amide bonds. The van der Waals surface area contributed by atoms with Crippen LogP contribution >= 0.6 is 0 Å². The van der Waals surface area contributed by atoms with Crippen LogP contribution in [0.5, 0.6) is 0 Å². The first-order valence-corrected chi connectivity index (χ1v) is 5.82. The van der Waals surface area contributed by atoms with Gasteiger partial charge in [0.25, 0.3) is 5.89 Å². The Morgan fingerprint density at radius 3 is 2.74 bits per heavy atom. The van der Waals surface area contributed by atoms with E-state index in [-0.39, 0.29) is 11.7 Å². The highest BCUT2D eigenvalue weighted by molar-refractivity contribution is 6.04. The lowest BCUT2D eigenvalue weighted by Gasteiger charge is -1.89. The average molecular weight is 250 g/mol. The fourth-order valence-corrected chi connectivity index (χ4v) is 1.68. The normalized spacial score (nSPS) is 11.2. The molecule has 3 aromatic rings. The fourth-order valence-electron chi connectivity index (χ4n) is 1.68. The predicted octanol–water partition coefficient (Wildman–Crippen LogP) is 3.12. The zero-order chi connectivity index (χ0) is 13.1. The summed E-state index contributed by atoms with van der Waals surface area (Å²) in [6.45, 7) is 0. The molecule has 0 aliphatic rings. The molecule has 0 spiro atoms. The van der Waals surface area contributed by atoms with Gasteiger partial charge in [-0.3, -0.25) is 9.78 Å². The van der Waals surface area contributed by atoms with Crippen molar-refractivity contribution in [2.75, 3.05) is 0 Å². The van der Waals surface area contributed by atoms with Gasteiger partial charge in [-0.05, 0) is 36.4 Å². The first-order valence-electron chi connectivity index (χ1n) is 5.82. The average Bonchev–Trinajstić information content (AvgIpc) is 2.90. The van der Waals surface area contributed by atoms with Crippen molar-refractivity contribution < 1.29 is 9.21 Å². The largest absolute Gasteiger partial charge is 0.433 e. The van der Waals surface area contributed by atoms with Crippen molar-refractivity contribution in [2.24, 2.45) is 0 Å². The van der Waals surface area contributed by atoms with Crippen molar-refractivity contribution in [1.82, 2.24) is 9.97 Å². The summed E-state index contributed by atoms with van der Waals surface area (Å²) >= 11 is 0. The summed E-state index contributed by atoms with van der Waals surface area (Å²) in [6.07, 6.45) is 4.72. The number of carbonyl (C=O) groups excluding carboxylic acids is 1. The number of rotatable bonds is 3. The molecule has 3 rings (SSSR count). The topological polar surface area (TPSA) is 56.0 Å². The number of benzene rings is 1. The molecule has 4 nitrogen and oxygen atoms in total. The molecule has 0 saturated carbocycles. The van der Waals surface area contributed by atoms with Crippen LogP contribution in [-0.4, -0.2) is 15.8 Å². The Hall–Kier alpha value is -2.75. The third-order valence-corrected chi connectivity index (χ3v) is 2.60. The maximum Gasteiger partial charge on any atom is 0.268 e. The van der Waals surface area contributed by atoms with E-state index in [2.05, 4.69) is 9.97 Å². The van der Waals surface area contributed by atoms with Gasteiger partial charge in [0, 0.05) is 6.20 Å². The number of ketones is 1. The van der Waals surface area contributed by atoms with Crippen LogP contribution in [0.15, 0.2) is 59.2 Å². The fraction of sp³-hybridized carbons (Fsp3) is 0. The summed E-state index contributed by atoms with van der Waals surface area (Å²) in [5.74, 6) is -0.185. The Balaban J connectivity index is 1.86. The molecular formula is C15H10N2O2. The van der Waals surface area contributed by atoms with Gasteiger partial charge < -0.3 is 4.42 Å². The number of aromatic nitrogens is 2. The smallest absolute Gasteiger partial charge is 0.268 e. The van der Waals surface area contributed by atoms with Crippen molar-refractivity contribution in [3.05, 3.63) is 66.3 Å². The van der Waals surface area contributed by atoms with Crippen LogP contribution in [0, 0.1) is 0 Å². The standard InChI is InChI=1S/C15H10N2O2/c18-13(9-8-11-5-3-4-10-16-11)15-17-12-6-1-2-7-14(12)19-15/h1-10H/b9-8+. The first-order chi connectivity index (χ1) is 9.33. The highest BCUT2D eigenvalue weighted by Gasteiger charge is 2.10. The number of oxazole rings is 1. The van der Waals surface area contributed by atoms with Crippen LogP contribution in [0.3, 0.4) is 0 Å². The molecule has 2 aromatic heterocycles. The van der Waals surface area contributed by atoms with E-state index in [4.69, 9.17) is 4.42 Å². The van der Waals surface area contributed by atoms with Crippen LogP contribution < -0.4 is 0 Å². The Morgan fingerprint density at radius 1 is 1.11 bits per heavy atom. The van der Waals surface area contributed by atoms with E-state index in [0.717, 1.165) is 0 Å². The maximum atomic E-state index is 11.9. The molecule has 19 heavy (non-hydrogen) atoms. The Bertz CT molecular complexity index is 712. The molecule has 4 heteroatoms. The van der Waals surface area contributed by atoms with E-state index in [1.54, 1.807) is 24.4 Å². The van der Waals surface area contributed by atoms with Crippen molar-refractivity contribution in [3.8, 4) is 0 Å². The summed E-state index contributed by atoms with van der Waals surface area (Å²) in [5.41, 5.74) is 2.00. The van der Waals surface area contributed by atoms with Gasteiger partial charge >= 0.3 is 0 Å². The van der Waals surface area contributed by atoms with Crippen LogP contribution in [0.4, 0.5) is 0 Å². The third kappa shape index (κ3) is 2.42. The van der Waals surface area contributed by atoms with Crippen molar-refractivity contribution in [2.45, 2.75) is 0 Å². The molecule has 2 heterocycles. The minimum Gasteiger partial charge on any atom is -0.433 e. The van der Waals surface area contributed by atoms with Gasteiger partial charge in [0.1, 0.15) is 5.52 Å². The zero-order valence-corrected chi connectivity index (χ0v) is 9.98. The number of hydrogen-bond acceptors (Lipinski definition) is 4. The van der Waals surface area contributed by atoms with Gasteiger partial charge in [-0.1, -0.05) is 18.2 Å². The lowest BCUT2D eigenvalue weighted by Crippen LogP contribution is -1.93. The van der Waals surface area contributed by atoms with Gasteiger partial charge in [-0.25, -0.2) is 4.98 Å². The molecule has 0 aliphatic carbocycles. The van der Waals surface area contributed by atoms with E-state index in [0.29, 0.717) is 16.8 Å². The summed E-state index contributed by atoms with van der Waals surface area (Å²) < 4.78 is 5.39. The molecule has 0 fully saturated rings. The van der Waals surface area contributed by atoms with Crippen LogP contribution in [-0.2, 0) is 0 Å². The lowest BCUT2D eigenvalue weighted by atomic mass is 10.3. The van der Waals surface area contributed by atoms with Crippen molar-refractivity contribution in [3.63, 3.8) is 0 Å². The number of para-hydroxylation sites is 2. The number of fused-ring (bicyclic) bond motifs is 1. The predicted molar refractivity (Wildman–Crippen MR) is 71.6 cm³/mol. The van der Waals surface area contributed by atoms with Crippen LogP contribution in [0.2, 0.25) is 0 Å². The summed E-state index contributed by atoms with van der Waals surface area (Å²) in [4.78, 5) is 20.2. The third-order valence-electron chi connectivity index (χ3n) is 2.60. The molecule has 92 valence electrons. The zero-order valence-electron chi connectivity index (χ0n) is 9.98. The number of pyridine rings is 1. The first kappa shape index (κ1) is 11.3. The number of hydrogen-bond donors (Lipinski definition) is 0. The summed E-state index contributed by atoms with van der Waals surface area (Å²) in [5, 5.41) is 0. The highest BCUT2D eigenvalue weighted by Crippen LogP contribution is 2.15. The molecule has 0 aliphatic heterocycles. The SMILES string of the molecule is O=C(/C=C/c1ccccn1)c1nc2ccccc2o1. The highest BCUT2D eigenvalue weighted by atomic mass is 16.4. The lowest BCUT2D eigenvalue weighted by molar-refractivity contribution is 0.101. The van der Waals surface area contributed by atoms with E-state index in [1.807, 2.05) is 30.3 Å². The Kier molecular flexibility index (Phi) is 2.90. The van der Waals surface area contributed by atoms with E-state index in [9.17, 15) is 4.79 Å². The van der Waals surface area contributed by atoms with Crippen molar-refractivity contribution >= 4 is 23.0 Å². The molecule has 0 bridgehead atoms. The quantitative estimate of drug-likeness (QED) is 0.529. The van der Waals surface area contributed by atoms with Gasteiger partial charge in [-0.2, -0.15) is 0 Å². The second-order valence-electron chi connectivity index (χ2n) is 3.94. The molecule has 0 atom stereocenters. The molecule has 0 radical (unpaired) electrons. The number of carbonyl (C=O) groups is 1. The second-order valence-corrected chi connectivity index (χ2v) is 3.94. The summed E-state index contributed by atoms with van der Waals surface area (Å²) in [7, 11) is 0. The van der Waals surface area contributed by atoms with Crippen LogP contribution in [0.25, 0.3) is 17.2 Å². The molecule has 0 N–H and O–H groups in total. The minimum absolute atomic E-state index is 0.0911. The molecule has 1 aromatic carbocycles. The van der Waals surface area contributed by atoms with E-state index < -0.39 is 0 Å². The van der Waals surface area contributed by atoms with Gasteiger partial charge in [0.05, 0.1) is 5.69 Å². The maximum absolute atomic E-state index is 11.9. The molecule has 0 saturated heterocycles. The number of allylic oxidation sites excluding steroid dienone is 1. The Morgan fingerprint density at radius 2 is 1.95 bits per heavy atom. The van der Waals surface area contributed by atoms with Gasteiger partial charge in [0.15, 0.2) is 5.58 Å². The van der Waals surface area contributed by atoms with Gasteiger partial charge in [0.2, 0.25) is 5.78 Å². The van der Waals surface area contributed by atoms with Gasteiger partial charge in [-0.15, -0.1) is 0 Å². The monoisotopic (exact) mass is 250 g/mol. The van der Waals surface area contributed by atoms with Crippen LogP contribution in [0.1, 0.15) is 16.4 Å². The minimum atomic E-state index is -0.276. The van der Waals surface area contributed by atoms with Crippen molar-refractivity contribution in [1.29, 1.82) is 0 Å².